The summed E-state index contributed by atoms with van der Waals surface area (Å²) in [4.78, 5) is 4.39. The first-order valence-electron chi connectivity index (χ1n) is 8.74. The van der Waals surface area contributed by atoms with Crippen LogP contribution in [0.3, 0.4) is 0 Å². The van der Waals surface area contributed by atoms with Gasteiger partial charge in [-0.1, -0.05) is 43.7 Å². The second kappa shape index (κ2) is 9.80. The normalized spacial score (nSPS) is 12.8. The number of ether oxygens (including phenoxy) is 1. The summed E-state index contributed by atoms with van der Waals surface area (Å²) in [5.41, 5.74) is 0.399. The van der Waals surface area contributed by atoms with Gasteiger partial charge in [-0.15, -0.1) is 0 Å². The predicted molar refractivity (Wildman–Crippen MR) is 104 cm³/mol. The Balaban J connectivity index is 2.37. The number of hydrogen-bond donors (Lipinski definition) is 1. The molecule has 3 nitrogen and oxygen atoms in total. The number of nitrogens with one attached hydrogen (secondary N) is 1. The molecule has 0 unspecified atom stereocenters. The molecule has 0 bridgehead atoms. The lowest BCUT2D eigenvalue weighted by atomic mass is 10.1. The van der Waals surface area contributed by atoms with Crippen molar-refractivity contribution >= 4 is 11.4 Å². The molecule has 0 spiro atoms. The second-order valence-electron chi connectivity index (χ2n) is 5.90. The van der Waals surface area contributed by atoms with Crippen LogP contribution >= 0.6 is 0 Å². The summed E-state index contributed by atoms with van der Waals surface area (Å²) in [6, 6.07) is 15.2. The molecule has 2 rings (SSSR count). The highest BCUT2D eigenvalue weighted by Crippen LogP contribution is 2.28. The van der Waals surface area contributed by atoms with Crippen molar-refractivity contribution in [2.45, 2.75) is 25.9 Å². The number of alkyl halides is 3. The Labute approximate surface area is 157 Å². The van der Waals surface area contributed by atoms with Crippen molar-refractivity contribution in [3.8, 4) is 5.75 Å². The van der Waals surface area contributed by atoms with Crippen LogP contribution in [0.1, 0.15) is 25.3 Å². The minimum Gasteiger partial charge on any atom is -0.497 e. The van der Waals surface area contributed by atoms with Crippen molar-refractivity contribution in [2.24, 2.45) is 4.99 Å². The Morgan fingerprint density at radius 1 is 1.07 bits per heavy atom. The van der Waals surface area contributed by atoms with Gasteiger partial charge in [-0.3, -0.25) is 4.99 Å². The number of methoxy groups -OCH3 is 1. The molecule has 0 saturated carbocycles. The second-order valence-corrected chi connectivity index (χ2v) is 5.90. The van der Waals surface area contributed by atoms with Crippen molar-refractivity contribution < 1.29 is 17.9 Å². The molecular formula is C21H23F3N2O. The lowest BCUT2D eigenvalue weighted by molar-refractivity contribution is -0.0901. The fourth-order valence-electron chi connectivity index (χ4n) is 2.34. The maximum absolute atomic E-state index is 13.6. The van der Waals surface area contributed by atoms with Crippen LogP contribution in [0, 0.1) is 0 Å². The van der Waals surface area contributed by atoms with Gasteiger partial charge in [-0.25, -0.2) is 0 Å². The molecule has 0 atom stereocenters. The van der Waals surface area contributed by atoms with E-state index in [4.69, 9.17) is 4.74 Å². The van der Waals surface area contributed by atoms with E-state index in [1.807, 2.05) is 13.0 Å². The lowest BCUT2D eigenvalue weighted by Gasteiger charge is -2.15. The highest BCUT2D eigenvalue weighted by Gasteiger charge is 2.34. The molecule has 27 heavy (non-hydrogen) atoms. The van der Waals surface area contributed by atoms with E-state index in [1.165, 1.54) is 19.2 Å². The van der Waals surface area contributed by atoms with Gasteiger partial charge in [-0.05, 0) is 42.3 Å². The molecule has 0 heterocycles. The van der Waals surface area contributed by atoms with Crippen LogP contribution in [0.4, 0.5) is 18.9 Å². The van der Waals surface area contributed by atoms with Gasteiger partial charge in [0.05, 0.1) is 12.8 Å². The van der Waals surface area contributed by atoms with Gasteiger partial charge in [0.15, 0.2) is 0 Å². The van der Waals surface area contributed by atoms with E-state index in [0.717, 1.165) is 18.9 Å². The van der Waals surface area contributed by atoms with Gasteiger partial charge in [0.1, 0.15) is 11.4 Å². The third-order valence-corrected chi connectivity index (χ3v) is 3.82. The first kappa shape index (κ1) is 20.6. The Morgan fingerprint density at radius 3 is 2.30 bits per heavy atom. The molecule has 6 heteroatoms. The van der Waals surface area contributed by atoms with Gasteiger partial charge in [0.25, 0.3) is 0 Å². The molecule has 0 amide bonds. The smallest absolute Gasteiger partial charge is 0.431 e. The van der Waals surface area contributed by atoms with Crippen LogP contribution in [0.2, 0.25) is 0 Å². The van der Waals surface area contributed by atoms with E-state index < -0.39 is 11.9 Å². The van der Waals surface area contributed by atoms with Gasteiger partial charge >= 0.3 is 6.18 Å². The molecule has 2 aromatic rings. The van der Waals surface area contributed by atoms with E-state index in [1.54, 1.807) is 36.4 Å². The maximum Gasteiger partial charge on any atom is 0.431 e. The first-order chi connectivity index (χ1) is 12.9. The van der Waals surface area contributed by atoms with Gasteiger partial charge in [-0.2, -0.15) is 13.2 Å². The van der Waals surface area contributed by atoms with Crippen molar-refractivity contribution in [1.29, 1.82) is 0 Å². The zero-order chi connectivity index (χ0) is 19.7. The molecule has 0 fully saturated rings. The molecule has 0 aromatic heterocycles. The monoisotopic (exact) mass is 376 g/mol. The summed E-state index contributed by atoms with van der Waals surface area (Å²) in [6.07, 6.45) is -1.74. The minimum absolute atomic E-state index is 0.303. The van der Waals surface area contributed by atoms with Crippen LogP contribution in [-0.4, -0.2) is 25.5 Å². The van der Waals surface area contributed by atoms with Gasteiger partial charge < -0.3 is 10.1 Å². The Hall–Kier alpha value is -2.76. The molecule has 1 N–H and O–H groups in total. The van der Waals surface area contributed by atoms with E-state index in [-0.39, 0.29) is 0 Å². The number of rotatable bonds is 8. The summed E-state index contributed by atoms with van der Waals surface area (Å²) in [6.45, 7) is 2.49. The number of benzene rings is 2. The van der Waals surface area contributed by atoms with E-state index in [2.05, 4.69) is 10.3 Å². The molecular weight excluding hydrogens is 353 g/mol. The van der Waals surface area contributed by atoms with Crippen LogP contribution in [0.25, 0.3) is 0 Å². The van der Waals surface area contributed by atoms with Crippen molar-refractivity contribution in [2.75, 3.05) is 19.0 Å². The number of halogens is 3. The Morgan fingerprint density at radius 2 is 1.74 bits per heavy atom. The summed E-state index contributed by atoms with van der Waals surface area (Å²) < 4.78 is 45.9. The fourth-order valence-corrected chi connectivity index (χ4v) is 2.34. The van der Waals surface area contributed by atoms with Crippen LogP contribution < -0.4 is 10.1 Å². The van der Waals surface area contributed by atoms with Gasteiger partial charge in [0.2, 0.25) is 0 Å². The molecule has 0 radical (unpaired) electrons. The molecule has 0 aliphatic carbocycles. The summed E-state index contributed by atoms with van der Waals surface area (Å²) in [5.74, 6) is 0.573. The fraction of sp³-hybridized carbons (Fsp3) is 0.286. The highest BCUT2D eigenvalue weighted by atomic mass is 19.4. The number of nitrogens with zero attached hydrogens (tertiary/aromatic N) is 1. The van der Waals surface area contributed by atoms with Crippen molar-refractivity contribution in [1.82, 2.24) is 0 Å². The first-order valence-corrected chi connectivity index (χ1v) is 8.74. The molecule has 0 aliphatic rings. The number of aliphatic imine (C=N–C) groups is 1. The van der Waals surface area contributed by atoms with Crippen molar-refractivity contribution in [3.05, 3.63) is 71.9 Å². The standard InChI is InChI=1S/C21H23F3N2O/c1-3-4-14-25-19(16-8-6-5-7-9-16)15-20(21(22,23)24)26-17-10-12-18(27-2)13-11-17/h5-13,15,26H,3-4,14H2,1-2H3/b20-15-,25-19?. The third-order valence-electron chi connectivity index (χ3n) is 3.82. The topological polar surface area (TPSA) is 33.6 Å². The van der Waals surface area contributed by atoms with Crippen LogP contribution in [-0.2, 0) is 0 Å². The Kier molecular flexibility index (Phi) is 7.46. The SMILES string of the molecule is CCCCN=C(/C=C(\Nc1ccc(OC)cc1)C(F)(F)F)c1ccccc1. The zero-order valence-corrected chi connectivity index (χ0v) is 15.4. The lowest BCUT2D eigenvalue weighted by Crippen LogP contribution is -2.21. The summed E-state index contributed by atoms with van der Waals surface area (Å²) in [7, 11) is 1.50. The average Bonchev–Trinajstić information content (AvgIpc) is 2.67. The van der Waals surface area contributed by atoms with E-state index in [9.17, 15) is 13.2 Å². The van der Waals surface area contributed by atoms with Crippen LogP contribution in [0.5, 0.6) is 5.75 Å². The van der Waals surface area contributed by atoms with Gasteiger partial charge in [0, 0.05) is 12.2 Å². The Bertz CT molecular complexity index is 766. The summed E-state index contributed by atoms with van der Waals surface area (Å²) in [5, 5.41) is 2.46. The van der Waals surface area contributed by atoms with Crippen LogP contribution in [0.15, 0.2) is 71.4 Å². The van der Waals surface area contributed by atoms with E-state index in [0.29, 0.717) is 29.3 Å². The number of anilines is 1. The third kappa shape index (κ3) is 6.47. The number of unbranched alkanes of at least 4 members (excludes halogenated alkanes) is 1. The molecule has 0 aliphatic heterocycles. The molecule has 144 valence electrons. The largest absolute Gasteiger partial charge is 0.497 e. The predicted octanol–water partition coefficient (Wildman–Crippen LogP) is 5.84. The maximum atomic E-state index is 13.6. The minimum atomic E-state index is -4.54. The number of hydrogen-bond acceptors (Lipinski definition) is 3. The molecule has 2 aromatic carbocycles. The quantitative estimate of drug-likeness (QED) is 0.464. The summed E-state index contributed by atoms with van der Waals surface area (Å²) >= 11 is 0. The number of allylic oxidation sites excluding steroid dienone is 2. The molecule has 0 saturated heterocycles. The highest BCUT2D eigenvalue weighted by molar-refractivity contribution is 6.09. The average molecular weight is 376 g/mol. The van der Waals surface area contributed by atoms with E-state index >= 15 is 0 Å². The zero-order valence-electron chi connectivity index (χ0n) is 15.4. The van der Waals surface area contributed by atoms with Crippen molar-refractivity contribution in [3.63, 3.8) is 0 Å².